The fourth-order valence-electron chi connectivity index (χ4n) is 1.52. The van der Waals surface area contributed by atoms with Crippen LogP contribution in [0.5, 0.6) is 0 Å². The van der Waals surface area contributed by atoms with Gasteiger partial charge in [-0.2, -0.15) is 0 Å². The molecule has 4 atom stereocenters. The average molecular weight is 338 g/mol. The van der Waals surface area contributed by atoms with Gasteiger partial charge < -0.3 is 25.5 Å². The Bertz CT molecular complexity index is 512. The van der Waals surface area contributed by atoms with E-state index in [1.54, 1.807) is 13.0 Å². The third-order valence-electron chi connectivity index (χ3n) is 2.88. The highest BCUT2D eigenvalue weighted by atomic mass is 35.5. The van der Waals surface area contributed by atoms with Crippen LogP contribution in [0.25, 0.3) is 0 Å². The van der Waals surface area contributed by atoms with Gasteiger partial charge in [0, 0.05) is 11.2 Å². The zero-order chi connectivity index (χ0) is 16.2. The third kappa shape index (κ3) is 4.89. The summed E-state index contributed by atoms with van der Waals surface area (Å²) in [6.07, 6.45) is -5.55. The Hall–Kier alpha value is -0.730. The summed E-state index contributed by atoms with van der Waals surface area (Å²) in [7, 11) is 0. The molecular weight excluding hydrogens is 321 g/mol. The van der Waals surface area contributed by atoms with E-state index in [9.17, 15) is 20.4 Å². The third-order valence-corrected chi connectivity index (χ3v) is 3.59. The molecular formula is C13H17Cl2NO5. The molecule has 0 aromatic heterocycles. The Morgan fingerprint density at radius 1 is 1.10 bits per heavy atom. The Labute approximate surface area is 131 Å². The second kappa shape index (κ2) is 8.05. The first-order chi connectivity index (χ1) is 9.77. The Kier molecular flexibility index (Phi) is 7.02. The van der Waals surface area contributed by atoms with Crippen molar-refractivity contribution >= 4 is 35.1 Å². The van der Waals surface area contributed by atoms with Crippen molar-refractivity contribution in [1.82, 2.24) is 0 Å². The quantitative estimate of drug-likeness (QED) is 0.483. The van der Waals surface area contributed by atoms with Crippen molar-refractivity contribution in [2.75, 3.05) is 6.61 Å². The lowest BCUT2D eigenvalue weighted by Gasteiger charge is -2.23. The zero-order valence-corrected chi connectivity index (χ0v) is 12.7. The van der Waals surface area contributed by atoms with E-state index in [2.05, 4.69) is 4.99 Å². The van der Waals surface area contributed by atoms with Gasteiger partial charge in [-0.3, -0.25) is 4.99 Å². The van der Waals surface area contributed by atoms with Crippen LogP contribution < -0.4 is 0 Å². The fourth-order valence-corrected chi connectivity index (χ4v) is 1.96. The van der Waals surface area contributed by atoms with Crippen molar-refractivity contribution in [3.63, 3.8) is 0 Å². The van der Waals surface area contributed by atoms with E-state index in [0.717, 1.165) is 11.8 Å². The van der Waals surface area contributed by atoms with Gasteiger partial charge >= 0.3 is 0 Å². The molecule has 0 saturated carbocycles. The van der Waals surface area contributed by atoms with Gasteiger partial charge in [0.15, 0.2) is 0 Å². The van der Waals surface area contributed by atoms with Crippen LogP contribution in [0.4, 0.5) is 5.69 Å². The minimum absolute atomic E-state index is 0.263. The molecule has 0 aliphatic heterocycles. The van der Waals surface area contributed by atoms with Crippen molar-refractivity contribution < 1.29 is 25.5 Å². The molecule has 0 aliphatic rings. The molecule has 0 bridgehead atoms. The van der Waals surface area contributed by atoms with Crippen molar-refractivity contribution in [1.29, 1.82) is 0 Å². The lowest BCUT2D eigenvalue weighted by Crippen LogP contribution is -2.46. The van der Waals surface area contributed by atoms with Crippen molar-refractivity contribution in [2.24, 2.45) is 4.99 Å². The summed E-state index contributed by atoms with van der Waals surface area (Å²) in [5.74, 6) is 0. The van der Waals surface area contributed by atoms with Gasteiger partial charge in [0.1, 0.15) is 24.4 Å². The van der Waals surface area contributed by atoms with Gasteiger partial charge in [-0.15, -0.1) is 0 Å². The molecule has 0 fully saturated rings. The van der Waals surface area contributed by atoms with E-state index >= 15 is 0 Å². The van der Waals surface area contributed by atoms with Gasteiger partial charge in [-0.25, -0.2) is 0 Å². The van der Waals surface area contributed by atoms with Crippen LogP contribution in [-0.4, -0.2) is 62.8 Å². The number of halogens is 2. The lowest BCUT2D eigenvalue weighted by molar-refractivity contribution is -0.0999. The molecule has 1 aromatic carbocycles. The molecule has 0 amide bonds. The molecule has 1 aromatic rings. The molecule has 0 heterocycles. The second-order valence-electron chi connectivity index (χ2n) is 4.55. The summed E-state index contributed by atoms with van der Waals surface area (Å²) >= 11 is 11.8. The largest absolute Gasteiger partial charge is 0.394 e. The molecule has 118 valence electrons. The molecule has 5 N–H and O–H groups in total. The number of aliphatic hydroxyl groups is 5. The minimum Gasteiger partial charge on any atom is -0.394 e. The number of hydrogen-bond acceptors (Lipinski definition) is 6. The fraction of sp³-hybridized carbons (Fsp3) is 0.462. The molecule has 0 saturated heterocycles. The number of rotatable bonds is 6. The number of aryl methyl sites for hydroxylation is 1. The van der Waals surface area contributed by atoms with Gasteiger partial charge in [0.25, 0.3) is 0 Å². The predicted molar refractivity (Wildman–Crippen MR) is 80.5 cm³/mol. The van der Waals surface area contributed by atoms with Crippen molar-refractivity contribution in [3.05, 3.63) is 27.7 Å². The highest BCUT2D eigenvalue weighted by molar-refractivity contribution is 6.36. The predicted octanol–water partition coefficient (Wildman–Crippen LogP) is 0.440. The van der Waals surface area contributed by atoms with Crippen LogP contribution >= 0.6 is 23.2 Å². The molecule has 0 unspecified atom stereocenters. The Morgan fingerprint density at radius 2 is 1.71 bits per heavy atom. The first kappa shape index (κ1) is 18.3. The summed E-state index contributed by atoms with van der Waals surface area (Å²) in [6.45, 7) is 1.01. The smallest absolute Gasteiger partial charge is 0.118 e. The average Bonchev–Trinajstić information content (AvgIpc) is 2.46. The van der Waals surface area contributed by atoms with Crippen LogP contribution in [-0.2, 0) is 0 Å². The van der Waals surface area contributed by atoms with E-state index in [4.69, 9.17) is 28.3 Å². The van der Waals surface area contributed by atoms with Crippen LogP contribution in [0.2, 0.25) is 10.0 Å². The highest BCUT2D eigenvalue weighted by Gasteiger charge is 2.29. The number of hydrogen-bond donors (Lipinski definition) is 5. The molecule has 0 spiro atoms. The summed E-state index contributed by atoms with van der Waals surface area (Å²) < 4.78 is 0. The van der Waals surface area contributed by atoms with Gasteiger partial charge in [-0.05, 0) is 24.6 Å². The van der Waals surface area contributed by atoms with Crippen LogP contribution in [0, 0.1) is 6.92 Å². The number of aliphatic imine (C=N–C) groups is 1. The SMILES string of the molecule is Cc1cc(N=C[C@H](O)[C@H](O)[C@H](O)[C@H](O)CO)c(Cl)cc1Cl. The van der Waals surface area contributed by atoms with Gasteiger partial charge in [0.2, 0.25) is 0 Å². The summed E-state index contributed by atoms with van der Waals surface area (Å²) in [4.78, 5) is 3.92. The second-order valence-corrected chi connectivity index (χ2v) is 5.37. The summed E-state index contributed by atoms with van der Waals surface area (Å²) in [5.41, 5.74) is 1.07. The van der Waals surface area contributed by atoms with Gasteiger partial charge in [-0.1, -0.05) is 23.2 Å². The normalized spacial score (nSPS) is 17.7. The molecule has 0 aliphatic carbocycles. The molecule has 1 rings (SSSR count). The van der Waals surface area contributed by atoms with Gasteiger partial charge in [0.05, 0.1) is 17.3 Å². The summed E-state index contributed by atoms with van der Waals surface area (Å²) in [5, 5.41) is 47.4. The van der Waals surface area contributed by atoms with Crippen molar-refractivity contribution in [2.45, 2.75) is 31.3 Å². The highest BCUT2D eigenvalue weighted by Crippen LogP contribution is 2.30. The van der Waals surface area contributed by atoms with E-state index in [-0.39, 0.29) is 5.02 Å². The Balaban J connectivity index is 2.83. The van der Waals surface area contributed by atoms with E-state index in [1.807, 2.05) is 0 Å². The maximum absolute atomic E-state index is 9.69. The first-order valence-electron chi connectivity index (χ1n) is 6.11. The molecule has 21 heavy (non-hydrogen) atoms. The maximum atomic E-state index is 9.69. The molecule has 6 nitrogen and oxygen atoms in total. The first-order valence-corrected chi connectivity index (χ1v) is 6.86. The minimum atomic E-state index is -1.71. The number of aliphatic hydroxyl groups excluding tert-OH is 5. The van der Waals surface area contributed by atoms with Crippen molar-refractivity contribution in [3.8, 4) is 0 Å². The number of benzene rings is 1. The van der Waals surface area contributed by atoms with Crippen LogP contribution in [0.3, 0.4) is 0 Å². The van der Waals surface area contributed by atoms with Crippen LogP contribution in [0.1, 0.15) is 5.56 Å². The zero-order valence-electron chi connectivity index (χ0n) is 11.2. The molecule has 8 heteroatoms. The van der Waals surface area contributed by atoms with E-state index in [1.165, 1.54) is 6.07 Å². The van der Waals surface area contributed by atoms with Crippen LogP contribution in [0.15, 0.2) is 17.1 Å². The topological polar surface area (TPSA) is 114 Å². The maximum Gasteiger partial charge on any atom is 0.118 e. The Morgan fingerprint density at radius 3 is 2.29 bits per heavy atom. The monoisotopic (exact) mass is 337 g/mol. The van der Waals surface area contributed by atoms with E-state index < -0.39 is 31.0 Å². The van der Waals surface area contributed by atoms with E-state index in [0.29, 0.717) is 10.7 Å². The lowest BCUT2D eigenvalue weighted by atomic mass is 10.0. The molecule has 0 radical (unpaired) electrons. The number of nitrogens with zero attached hydrogens (tertiary/aromatic N) is 1. The standard InChI is InChI=1S/C13H17Cl2NO5/c1-6-2-9(8(15)3-7(6)14)16-4-10(18)12(20)13(21)11(19)5-17/h2-4,10-13,17-21H,5H2,1H3/t10-,11+,12-,13+/m0/s1. The summed E-state index contributed by atoms with van der Waals surface area (Å²) in [6, 6.07) is 3.09.